The van der Waals surface area contributed by atoms with Crippen molar-refractivity contribution in [1.29, 1.82) is 0 Å². The third-order valence-electron chi connectivity index (χ3n) is 5.02. The van der Waals surface area contributed by atoms with E-state index in [0.29, 0.717) is 12.2 Å². The maximum atomic E-state index is 12.4. The average molecular weight is 448 g/mol. The Balaban J connectivity index is 1.73. The van der Waals surface area contributed by atoms with E-state index in [1.165, 1.54) is 4.90 Å². The van der Waals surface area contributed by atoms with E-state index in [0.717, 1.165) is 21.3 Å². The third-order valence-corrected chi connectivity index (χ3v) is 5.51. The van der Waals surface area contributed by atoms with E-state index in [1.807, 2.05) is 42.5 Å². The minimum absolute atomic E-state index is 0.150. The first kappa shape index (κ1) is 18.6. The van der Waals surface area contributed by atoms with Gasteiger partial charge in [0.15, 0.2) is 5.60 Å². The lowest BCUT2D eigenvalue weighted by Crippen LogP contribution is -2.39. The zero-order valence-corrected chi connectivity index (χ0v) is 16.6. The number of hydrogen-bond donors (Lipinski definition) is 1. The van der Waals surface area contributed by atoms with Crippen molar-refractivity contribution >= 4 is 28.0 Å². The second-order valence-corrected chi connectivity index (χ2v) is 7.75. The number of rotatable bonds is 4. The summed E-state index contributed by atoms with van der Waals surface area (Å²) in [5, 5.41) is 9.10. The van der Waals surface area contributed by atoms with E-state index in [-0.39, 0.29) is 12.6 Å². The predicted molar refractivity (Wildman–Crippen MR) is 102 cm³/mol. The van der Waals surface area contributed by atoms with Gasteiger partial charge in [-0.25, -0.2) is 4.79 Å². The maximum Gasteiger partial charge on any atom is 0.411 e. The van der Waals surface area contributed by atoms with Gasteiger partial charge in [0, 0.05) is 16.5 Å². The van der Waals surface area contributed by atoms with Crippen molar-refractivity contribution in [1.82, 2.24) is 4.90 Å². The first-order valence-corrected chi connectivity index (χ1v) is 9.50. The molecule has 7 nitrogen and oxygen atoms in total. The van der Waals surface area contributed by atoms with Gasteiger partial charge in [0.1, 0.15) is 24.1 Å². The molecule has 0 radical (unpaired) electrons. The predicted octanol–water partition coefficient (Wildman–Crippen LogP) is 3.71. The standard InChI is InChI=1S/C20H18BrNO6/c1-26-14-5-2-12(3-6-14)17-9-20(11-22(10-18(23)24)19(25)28-20)15-8-13(21)4-7-16(15)27-17/h2-8,17H,9-11H2,1H3,(H,23,24). The van der Waals surface area contributed by atoms with Crippen molar-refractivity contribution < 1.29 is 28.9 Å². The van der Waals surface area contributed by atoms with E-state index in [2.05, 4.69) is 15.9 Å². The van der Waals surface area contributed by atoms with Gasteiger partial charge in [-0.15, -0.1) is 0 Å². The zero-order valence-electron chi connectivity index (χ0n) is 15.1. The van der Waals surface area contributed by atoms with E-state index < -0.39 is 24.2 Å². The van der Waals surface area contributed by atoms with Crippen molar-refractivity contribution in [3.8, 4) is 11.5 Å². The van der Waals surface area contributed by atoms with E-state index in [9.17, 15) is 9.59 Å². The fourth-order valence-corrected chi connectivity index (χ4v) is 4.10. The Morgan fingerprint density at radius 2 is 2.07 bits per heavy atom. The Labute approximate surface area is 169 Å². The van der Waals surface area contributed by atoms with Crippen LogP contribution in [-0.2, 0) is 15.1 Å². The molecule has 1 N–H and O–H groups in total. The molecular formula is C20H18BrNO6. The maximum absolute atomic E-state index is 12.4. The summed E-state index contributed by atoms with van der Waals surface area (Å²) in [5.41, 5.74) is 0.670. The van der Waals surface area contributed by atoms with E-state index in [4.69, 9.17) is 19.3 Å². The quantitative estimate of drug-likeness (QED) is 0.768. The zero-order chi connectivity index (χ0) is 19.9. The molecule has 2 aliphatic heterocycles. The monoisotopic (exact) mass is 447 g/mol. The molecule has 8 heteroatoms. The van der Waals surface area contributed by atoms with E-state index in [1.54, 1.807) is 7.11 Å². The summed E-state index contributed by atoms with van der Waals surface area (Å²) < 4.78 is 18.0. The van der Waals surface area contributed by atoms with Crippen LogP contribution in [0.5, 0.6) is 11.5 Å². The van der Waals surface area contributed by atoms with Crippen molar-refractivity contribution in [2.45, 2.75) is 18.1 Å². The molecule has 1 spiro atoms. The molecule has 28 heavy (non-hydrogen) atoms. The SMILES string of the molecule is COc1ccc(C2CC3(CN(CC(=O)O)C(=O)O3)c3cc(Br)ccc3O2)cc1. The lowest BCUT2D eigenvalue weighted by molar-refractivity contribution is -0.137. The van der Waals surface area contributed by atoms with Crippen LogP contribution in [0.25, 0.3) is 0 Å². The number of methoxy groups -OCH3 is 1. The molecule has 2 atom stereocenters. The molecular weight excluding hydrogens is 430 g/mol. The largest absolute Gasteiger partial charge is 0.497 e. The molecule has 2 aliphatic rings. The molecule has 2 aromatic rings. The van der Waals surface area contributed by atoms with Crippen molar-refractivity contribution in [2.24, 2.45) is 0 Å². The van der Waals surface area contributed by atoms with Crippen molar-refractivity contribution in [2.75, 3.05) is 20.2 Å². The van der Waals surface area contributed by atoms with Crippen LogP contribution in [0.4, 0.5) is 4.79 Å². The minimum atomic E-state index is -1.08. The van der Waals surface area contributed by atoms with Crippen LogP contribution in [0.3, 0.4) is 0 Å². The average Bonchev–Trinajstić information content (AvgIpc) is 2.97. The second kappa shape index (κ2) is 7.01. The molecule has 146 valence electrons. The summed E-state index contributed by atoms with van der Waals surface area (Å²) in [4.78, 5) is 24.7. The normalized spacial score (nSPS) is 23.1. The molecule has 1 fully saturated rings. The van der Waals surface area contributed by atoms with Crippen LogP contribution < -0.4 is 9.47 Å². The van der Waals surface area contributed by atoms with Gasteiger partial charge < -0.3 is 19.3 Å². The number of hydrogen-bond acceptors (Lipinski definition) is 5. The van der Waals surface area contributed by atoms with Crippen molar-refractivity contribution in [3.05, 3.63) is 58.1 Å². The molecule has 0 bridgehead atoms. The Bertz CT molecular complexity index is 931. The number of amides is 1. The third kappa shape index (κ3) is 3.28. The van der Waals surface area contributed by atoms with Gasteiger partial charge >= 0.3 is 12.1 Å². The number of nitrogens with zero attached hydrogens (tertiary/aromatic N) is 1. The molecule has 2 aromatic carbocycles. The summed E-state index contributed by atoms with van der Waals surface area (Å²) in [6, 6.07) is 13.1. The number of carbonyl (C=O) groups excluding carboxylic acids is 1. The number of carboxylic acid groups (broad SMARTS) is 1. The van der Waals surface area contributed by atoms with Crippen LogP contribution in [0.15, 0.2) is 46.9 Å². The van der Waals surface area contributed by atoms with E-state index >= 15 is 0 Å². The fraction of sp³-hybridized carbons (Fsp3) is 0.300. The summed E-state index contributed by atoms with van der Waals surface area (Å²) >= 11 is 3.45. The number of fused-ring (bicyclic) bond motifs is 2. The summed E-state index contributed by atoms with van der Waals surface area (Å²) in [6.07, 6.45) is -0.606. The molecule has 0 aliphatic carbocycles. The van der Waals surface area contributed by atoms with Gasteiger partial charge in [-0.3, -0.25) is 9.69 Å². The second-order valence-electron chi connectivity index (χ2n) is 6.84. The highest BCUT2D eigenvalue weighted by atomic mass is 79.9. The highest BCUT2D eigenvalue weighted by molar-refractivity contribution is 9.10. The lowest BCUT2D eigenvalue weighted by atomic mass is 9.83. The Hall–Kier alpha value is -2.74. The smallest absolute Gasteiger partial charge is 0.411 e. The number of carboxylic acids is 1. The molecule has 4 rings (SSSR count). The highest BCUT2D eigenvalue weighted by Crippen LogP contribution is 2.50. The summed E-state index contributed by atoms with van der Waals surface area (Å²) in [7, 11) is 1.60. The van der Waals surface area contributed by atoms with Crippen LogP contribution >= 0.6 is 15.9 Å². The van der Waals surface area contributed by atoms with Gasteiger partial charge in [-0.1, -0.05) is 28.1 Å². The number of carbonyl (C=O) groups is 2. The molecule has 2 unspecified atom stereocenters. The van der Waals surface area contributed by atoms with Gasteiger partial charge in [-0.2, -0.15) is 0 Å². The highest BCUT2D eigenvalue weighted by Gasteiger charge is 2.52. The Kier molecular flexibility index (Phi) is 4.66. The van der Waals surface area contributed by atoms with Gasteiger partial charge in [0.2, 0.25) is 0 Å². The number of aliphatic carboxylic acids is 1. The Morgan fingerprint density at radius 1 is 1.32 bits per heavy atom. The number of halogens is 1. The molecule has 0 aromatic heterocycles. The minimum Gasteiger partial charge on any atom is -0.497 e. The molecule has 0 saturated carbocycles. The molecule has 2 heterocycles. The van der Waals surface area contributed by atoms with Gasteiger partial charge in [-0.05, 0) is 35.9 Å². The van der Waals surface area contributed by atoms with Crippen molar-refractivity contribution in [3.63, 3.8) is 0 Å². The first-order valence-electron chi connectivity index (χ1n) is 8.70. The van der Waals surface area contributed by atoms with Crippen LogP contribution in [-0.4, -0.2) is 42.3 Å². The number of benzene rings is 2. The van der Waals surface area contributed by atoms with Crippen LogP contribution in [0.1, 0.15) is 23.7 Å². The van der Waals surface area contributed by atoms with Gasteiger partial charge in [0.05, 0.1) is 13.7 Å². The fourth-order valence-electron chi connectivity index (χ4n) is 3.74. The summed E-state index contributed by atoms with van der Waals surface area (Å²) in [6.45, 7) is -0.254. The van der Waals surface area contributed by atoms with Gasteiger partial charge in [0.25, 0.3) is 0 Å². The molecule has 1 amide bonds. The van der Waals surface area contributed by atoms with Crippen LogP contribution in [0.2, 0.25) is 0 Å². The lowest BCUT2D eigenvalue weighted by Gasteiger charge is -2.38. The molecule has 1 saturated heterocycles. The number of ether oxygens (including phenoxy) is 3. The Morgan fingerprint density at radius 3 is 2.75 bits per heavy atom. The first-order chi connectivity index (χ1) is 13.4. The van der Waals surface area contributed by atoms with Crippen LogP contribution in [0, 0.1) is 0 Å². The summed E-state index contributed by atoms with van der Waals surface area (Å²) in [5.74, 6) is 0.265. The topological polar surface area (TPSA) is 85.3 Å².